The fourth-order valence-corrected chi connectivity index (χ4v) is 3.16. The van der Waals surface area contributed by atoms with E-state index in [4.69, 9.17) is 9.15 Å². The lowest BCUT2D eigenvalue weighted by molar-refractivity contribution is -0.123. The van der Waals surface area contributed by atoms with Crippen LogP contribution in [-0.2, 0) is 4.79 Å². The number of aryl methyl sites for hydroxylation is 2. The van der Waals surface area contributed by atoms with Crippen LogP contribution in [0.25, 0.3) is 0 Å². The van der Waals surface area contributed by atoms with Crippen LogP contribution in [0.1, 0.15) is 35.8 Å². The molecule has 1 unspecified atom stereocenters. The Hall–Kier alpha value is -2.27. The summed E-state index contributed by atoms with van der Waals surface area (Å²) in [5, 5.41) is 2.98. The van der Waals surface area contributed by atoms with E-state index >= 15 is 0 Å². The minimum Gasteiger partial charge on any atom is -0.484 e. The van der Waals surface area contributed by atoms with Crippen molar-refractivity contribution in [3.05, 3.63) is 53.5 Å². The second kappa shape index (κ2) is 8.21. The van der Waals surface area contributed by atoms with Crippen LogP contribution in [0.3, 0.4) is 0 Å². The van der Waals surface area contributed by atoms with Gasteiger partial charge in [-0.15, -0.1) is 0 Å². The Labute approximate surface area is 149 Å². The van der Waals surface area contributed by atoms with Crippen LogP contribution in [0.15, 0.2) is 41.0 Å². The summed E-state index contributed by atoms with van der Waals surface area (Å²) >= 11 is 0. The van der Waals surface area contributed by atoms with Crippen molar-refractivity contribution in [1.82, 2.24) is 10.2 Å². The van der Waals surface area contributed by atoms with Gasteiger partial charge in [-0.05, 0) is 75.2 Å². The third kappa shape index (κ3) is 4.63. The normalized spacial score (nSPS) is 15.9. The first-order valence-electron chi connectivity index (χ1n) is 8.87. The van der Waals surface area contributed by atoms with Crippen LogP contribution in [0.5, 0.6) is 5.75 Å². The molecule has 0 aliphatic carbocycles. The highest BCUT2D eigenvalue weighted by Crippen LogP contribution is 2.24. The van der Waals surface area contributed by atoms with Crippen molar-refractivity contribution >= 4 is 5.91 Å². The summed E-state index contributed by atoms with van der Waals surface area (Å²) in [4.78, 5) is 14.5. The number of amides is 1. The van der Waals surface area contributed by atoms with E-state index in [9.17, 15) is 4.79 Å². The molecule has 2 aromatic rings. The van der Waals surface area contributed by atoms with E-state index in [1.165, 1.54) is 18.4 Å². The molecule has 1 amide bonds. The van der Waals surface area contributed by atoms with Crippen LogP contribution in [0.4, 0.5) is 0 Å². The van der Waals surface area contributed by atoms with Gasteiger partial charge in [0.05, 0.1) is 12.3 Å². The van der Waals surface area contributed by atoms with Gasteiger partial charge in [0, 0.05) is 6.54 Å². The summed E-state index contributed by atoms with van der Waals surface area (Å²) < 4.78 is 11.2. The summed E-state index contributed by atoms with van der Waals surface area (Å²) in [6, 6.07) is 9.81. The minimum atomic E-state index is -0.117. The van der Waals surface area contributed by atoms with Crippen molar-refractivity contribution in [3.63, 3.8) is 0 Å². The molecule has 134 valence electrons. The highest BCUT2D eigenvalue weighted by atomic mass is 16.5. The van der Waals surface area contributed by atoms with E-state index in [0.717, 1.165) is 30.2 Å². The third-order valence-corrected chi connectivity index (χ3v) is 4.79. The SMILES string of the molecule is Cc1ccc(OCC(=O)NCC(c2ccco2)N2CCCC2)cc1C. The van der Waals surface area contributed by atoms with E-state index in [1.54, 1.807) is 6.26 Å². The van der Waals surface area contributed by atoms with Gasteiger partial charge in [0.15, 0.2) is 6.61 Å². The number of carbonyl (C=O) groups excluding carboxylic acids is 1. The molecule has 1 aliphatic rings. The van der Waals surface area contributed by atoms with E-state index < -0.39 is 0 Å². The molecule has 5 heteroatoms. The number of rotatable bonds is 7. The number of nitrogens with zero attached hydrogens (tertiary/aromatic N) is 1. The molecule has 1 fully saturated rings. The number of hydrogen-bond donors (Lipinski definition) is 1. The largest absolute Gasteiger partial charge is 0.484 e. The predicted molar refractivity (Wildman–Crippen MR) is 96.7 cm³/mol. The highest BCUT2D eigenvalue weighted by molar-refractivity contribution is 5.77. The summed E-state index contributed by atoms with van der Waals surface area (Å²) in [5.41, 5.74) is 2.37. The van der Waals surface area contributed by atoms with Crippen LogP contribution in [0.2, 0.25) is 0 Å². The molecular weight excluding hydrogens is 316 g/mol. The monoisotopic (exact) mass is 342 g/mol. The summed E-state index contributed by atoms with van der Waals surface area (Å²) in [5.74, 6) is 1.51. The minimum absolute atomic E-state index is 0.0212. The number of likely N-dealkylation sites (tertiary alicyclic amines) is 1. The van der Waals surface area contributed by atoms with Gasteiger partial charge >= 0.3 is 0 Å². The second-order valence-corrected chi connectivity index (χ2v) is 6.61. The topological polar surface area (TPSA) is 54.7 Å². The van der Waals surface area contributed by atoms with Gasteiger partial charge in [-0.25, -0.2) is 0 Å². The zero-order valence-electron chi connectivity index (χ0n) is 15.0. The summed E-state index contributed by atoms with van der Waals surface area (Å²) in [6.45, 7) is 6.72. The van der Waals surface area contributed by atoms with Crippen LogP contribution < -0.4 is 10.1 Å². The van der Waals surface area contributed by atoms with Crippen molar-refractivity contribution in [2.24, 2.45) is 0 Å². The molecule has 1 saturated heterocycles. The van der Waals surface area contributed by atoms with Gasteiger partial charge in [-0.1, -0.05) is 6.07 Å². The highest BCUT2D eigenvalue weighted by Gasteiger charge is 2.25. The average molecular weight is 342 g/mol. The zero-order chi connectivity index (χ0) is 17.6. The van der Waals surface area contributed by atoms with Crippen LogP contribution in [-0.4, -0.2) is 37.0 Å². The summed E-state index contributed by atoms with van der Waals surface area (Å²) in [6.07, 6.45) is 4.07. The van der Waals surface area contributed by atoms with Gasteiger partial charge in [0.1, 0.15) is 11.5 Å². The standard InChI is InChI=1S/C20H26N2O3/c1-15-7-8-17(12-16(15)2)25-14-20(23)21-13-18(19-6-5-11-24-19)22-9-3-4-10-22/h5-8,11-12,18H,3-4,9-10,13-14H2,1-2H3,(H,21,23). The van der Waals surface area contributed by atoms with Gasteiger partial charge in [-0.3, -0.25) is 9.69 Å². The zero-order valence-corrected chi connectivity index (χ0v) is 15.0. The maximum Gasteiger partial charge on any atom is 0.258 e. The molecule has 1 N–H and O–H groups in total. The first-order chi connectivity index (χ1) is 12.1. The van der Waals surface area contributed by atoms with Gasteiger partial charge in [-0.2, -0.15) is 0 Å². The number of furan rings is 1. The van der Waals surface area contributed by atoms with E-state index in [0.29, 0.717) is 6.54 Å². The lowest BCUT2D eigenvalue weighted by Gasteiger charge is -2.26. The van der Waals surface area contributed by atoms with Gasteiger partial charge in [0.25, 0.3) is 5.91 Å². The fourth-order valence-electron chi connectivity index (χ4n) is 3.16. The third-order valence-electron chi connectivity index (χ3n) is 4.79. The molecule has 2 heterocycles. The first kappa shape index (κ1) is 17.5. The maximum absolute atomic E-state index is 12.2. The van der Waals surface area contributed by atoms with Gasteiger partial charge in [0.2, 0.25) is 0 Å². The van der Waals surface area contributed by atoms with Gasteiger partial charge < -0.3 is 14.5 Å². The smallest absolute Gasteiger partial charge is 0.258 e. The quantitative estimate of drug-likeness (QED) is 0.839. The lowest BCUT2D eigenvalue weighted by atomic mass is 10.1. The lowest BCUT2D eigenvalue weighted by Crippen LogP contribution is -2.38. The fraction of sp³-hybridized carbons (Fsp3) is 0.450. The molecule has 0 spiro atoms. The molecule has 0 radical (unpaired) electrons. The van der Waals surface area contributed by atoms with Crippen molar-refractivity contribution in [2.75, 3.05) is 26.2 Å². The van der Waals surface area contributed by atoms with Crippen LogP contribution >= 0.6 is 0 Å². The molecule has 0 saturated carbocycles. The first-order valence-corrected chi connectivity index (χ1v) is 8.87. The molecule has 25 heavy (non-hydrogen) atoms. The summed E-state index contributed by atoms with van der Waals surface area (Å²) in [7, 11) is 0. The Morgan fingerprint density at radius 1 is 1.24 bits per heavy atom. The molecule has 1 atom stereocenters. The Morgan fingerprint density at radius 2 is 2.04 bits per heavy atom. The Morgan fingerprint density at radius 3 is 2.72 bits per heavy atom. The molecule has 1 aromatic heterocycles. The Kier molecular flexibility index (Phi) is 5.76. The predicted octanol–water partition coefficient (Wildman–Crippen LogP) is 3.23. The average Bonchev–Trinajstić information content (AvgIpc) is 3.30. The molecule has 0 bridgehead atoms. The van der Waals surface area contributed by atoms with E-state index in [-0.39, 0.29) is 18.6 Å². The number of carbonyl (C=O) groups is 1. The van der Waals surface area contributed by atoms with E-state index in [2.05, 4.69) is 17.1 Å². The maximum atomic E-state index is 12.2. The van der Waals surface area contributed by atoms with Crippen molar-refractivity contribution in [2.45, 2.75) is 32.7 Å². The molecule has 5 nitrogen and oxygen atoms in total. The van der Waals surface area contributed by atoms with Crippen LogP contribution in [0, 0.1) is 13.8 Å². The number of benzene rings is 1. The Bertz CT molecular complexity index is 691. The molecule has 3 rings (SSSR count). The molecule has 1 aliphatic heterocycles. The molecular formula is C20H26N2O3. The Balaban J connectivity index is 1.51. The molecule has 1 aromatic carbocycles. The number of ether oxygens (including phenoxy) is 1. The van der Waals surface area contributed by atoms with E-state index in [1.807, 2.05) is 37.3 Å². The second-order valence-electron chi connectivity index (χ2n) is 6.61. The number of nitrogens with one attached hydrogen (secondary N) is 1. The van der Waals surface area contributed by atoms with Crippen molar-refractivity contribution in [1.29, 1.82) is 0 Å². The van der Waals surface area contributed by atoms with Crippen molar-refractivity contribution < 1.29 is 13.9 Å². The number of hydrogen-bond acceptors (Lipinski definition) is 4. The van der Waals surface area contributed by atoms with Crippen molar-refractivity contribution in [3.8, 4) is 5.75 Å².